The molecule has 0 amide bonds. The van der Waals surface area contributed by atoms with Crippen molar-refractivity contribution >= 4 is 28.1 Å². The van der Waals surface area contributed by atoms with Crippen LogP contribution >= 0.6 is 11.3 Å². The van der Waals surface area contributed by atoms with Crippen LogP contribution in [0.4, 0.5) is 5.00 Å². The van der Waals surface area contributed by atoms with Crippen LogP contribution in [0.1, 0.15) is 22.8 Å². The number of piperazine rings is 1. The Balaban J connectivity index is 1.98. The Morgan fingerprint density at radius 3 is 2.48 bits per heavy atom. The highest BCUT2D eigenvalue weighted by Crippen LogP contribution is 2.41. The van der Waals surface area contributed by atoms with Crippen molar-refractivity contribution in [1.29, 1.82) is 0 Å². The Hall–Kier alpha value is -2.25. The minimum atomic E-state index is -0.931. The molecule has 0 aliphatic carbocycles. The number of likely N-dealkylation sites (N-methyl/N-ethyl adjacent to an activating group) is 1. The number of carbonyl (C=O) groups is 1. The van der Waals surface area contributed by atoms with E-state index in [0.717, 1.165) is 48.0 Å². The lowest BCUT2D eigenvalue weighted by Crippen LogP contribution is -2.46. The minimum absolute atomic E-state index is 0.297. The molecule has 3 rings (SSSR count). The molecule has 0 unspecified atom stereocenters. The van der Waals surface area contributed by atoms with E-state index in [4.69, 9.17) is 0 Å². The number of hydrogen-bond donors (Lipinski definition) is 1. The quantitative estimate of drug-likeness (QED) is 0.674. The van der Waals surface area contributed by atoms with Crippen molar-refractivity contribution in [1.82, 2.24) is 14.8 Å². The summed E-state index contributed by atoms with van der Waals surface area (Å²) >= 11 is 1.43. The molecule has 132 valence electrons. The summed E-state index contributed by atoms with van der Waals surface area (Å²) in [5.74, 6) is -0.0582. The maximum atomic E-state index is 11.8. The SMILES string of the molecule is C/C(=N\c1sc(-c2ccncc2)c(C)c1C(=O)O)N1CCN(C)CC1. The van der Waals surface area contributed by atoms with Crippen molar-refractivity contribution in [2.24, 2.45) is 4.99 Å². The van der Waals surface area contributed by atoms with E-state index in [9.17, 15) is 9.90 Å². The average Bonchev–Trinajstić information content (AvgIpc) is 2.92. The van der Waals surface area contributed by atoms with Crippen LogP contribution in [0.2, 0.25) is 0 Å². The number of pyridine rings is 1. The molecular formula is C18H22N4O2S. The summed E-state index contributed by atoms with van der Waals surface area (Å²) in [6.07, 6.45) is 3.43. The number of aliphatic imine (C=N–C) groups is 1. The van der Waals surface area contributed by atoms with Gasteiger partial charge in [-0.25, -0.2) is 9.79 Å². The highest BCUT2D eigenvalue weighted by Gasteiger charge is 2.22. The molecule has 1 aliphatic heterocycles. The van der Waals surface area contributed by atoms with Gasteiger partial charge in [-0.1, -0.05) is 0 Å². The van der Waals surface area contributed by atoms with Crippen molar-refractivity contribution in [3.05, 3.63) is 35.7 Å². The first-order chi connectivity index (χ1) is 12.0. The number of carboxylic acid groups (broad SMARTS) is 1. The van der Waals surface area contributed by atoms with Crippen molar-refractivity contribution in [3.8, 4) is 10.4 Å². The topological polar surface area (TPSA) is 69.0 Å². The number of thiophene rings is 1. The monoisotopic (exact) mass is 358 g/mol. The van der Waals surface area contributed by atoms with Gasteiger partial charge in [0, 0.05) is 43.4 Å². The molecule has 0 radical (unpaired) electrons. The number of nitrogens with zero attached hydrogens (tertiary/aromatic N) is 4. The largest absolute Gasteiger partial charge is 0.478 e. The number of amidine groups is 1. The molecule has 1 N–H and O–H groups in total. The number of aromatic nitrogens is 1. The van der Waals surface area contributed by atoms with Crippen LogP contribution in [-0.2, 0) is 0 Å². The molecule has 3 heterocycles. The van der Waals surface area contributed by atoms with Gasteiger partial charge in [-0.3, -0.25) is 4.98 Å². The van der Waals surface area contributed by atoms with Gasteiger partial charge in [0.05, 0.1) is 5.56 Å². The van der Waals surface area contributed by atoms with Gasteiger partial charge >= 0.3 is 5.97 Å². The molecule has 25 heavy (non-hydrogen) atoms. The lowest BCUT2D eigenvalue weighted by atomic mass is 10.1. The van der Waals surface area contributed by atoms with Crippen molar-refractivity contribution in [2.45, 2.75) is 13.8 Å². The van der Waals surface area contributed by atoms with Crippen LogP contribution in [0.3, 0.4) is 0 Å². The number of aromatic carboxylic acids is 1. The van der Waals surface area contributed by atoms with Crippen LogP contribution < -0.4 is 0 Å². The summed E-state index contributed by atoms with van der Waals surface area (Å²) in [5, 5.41) is 10.2. The molecule has 1 fully saturated rings. The van der Waals surface area contributed by atoms with Crippen LogP contribution in [0.5, 0.6) is 0 Å². The summed E-state index contributed by atoms with van der Waals surface area (Å²) in [4.78, 5) is 25.9. The van der Waals surface area contributed by atoms with Gasteiger partial charge in [0.1, 0.15) is 10.8 Å². The van der Waals surface area contributed by atoms with E-state index in [1.54, 1.807) is 12.4 Å². The number of carboxylic acids is 1. The number of hydrogen-bond acceptors (Lipinski definition) is 5. The molecule has 2 aromatic heterocycles. The van der Waals surface area contributed by atoms with E-state index in [1.807, 2.05) is 26.0 Å². The maximum Gasteiger partial charge on any atom is 0.339 e. The lowest BCUT2D eigenvalue weighted by Gasteiger charge is -2.33. The standard InChI is InChI=1S/C18H22N4O2S/c1-12-15(18(23)24)17(25-16(12)14-4-6-19-7-5-14)20-13(2)22-10-8-21(3)9-11-22/h4-7H,8-11H2,1-3H3,(H,23,24)/b20-13+. The molecule has 7 heteroatoms. The zero-order chi connectivity index (χ0) is 18.0. The van der Waals surface area contributed by atoms with Gasteiger partial charge in [0.25, 0.3) is 0 Å². The molecule has 0 saturated carbocycles. The van der Waals surface area contributed by atoms with E-state index in [0.29, 0.717) is 10.6 Å². The van der Waals surface area contributed by atoms with Crippen molar-refractivity contribution in [3.63, 3.8) is 0 Å². The smallest absolute Gasteiger partial charge is 0.339 e. The molecule has 0 atom stereocenters. The predicted octanol–water partition coefficient (Wildman–Crippen LogP) is 3.11. The van der Waals surface area contributed by atoms with Crippen molar-refractivity contribution in [2.75, 3.05) is 33.2 Å². The Morgan fingerprint density at radius 2 is 1.88 bits per heavy atom. The summed E-state index contributed by atoms with van der Waals surface area (Å²) in [6.45, 7) is 7.61. The Kier molecular flexibility index (Phi) is 5.15. The van der Waals surface area contributed by atoms with Crippen LogP contribution in [-0.4, -0.2) is 64.9 Å². The summed E-state index contributed by atoms with van der Waals surface area (Å²) < 4.78 is 0. The Labute approximate surface area is 151 Å². The molecule has 0 aromatic carbocycles. The zero-order valence-electron chi connectivity index (χ0n) is 14.7. The van der Waals surface area contributed by atoms with Gasteiger partial charge in [0.2, 0.25) is 0 Å². The van der Waals surface area contributed by atoms with Gasteiger partial charge in [0.15, 0.2) is 0 Å². The highest BCUT2D eigenvalue weighted by molar-refractivity contribution is 7.19. The summed E-state index contributed by atoms with van der Waals surface area (Å²) in [7, 11) is 2.11. The maximum absolute atomic E-state index is 11.8. The van der Waals surface area contributed by atoms with Crippen LogP contribution in [0, 0.1) is 6.92 Å². The van der Waals surface area contributed by atoms with E-state index in [2.05, 4.69) is 26.8 Å². The van der Waals surface area contributed by atoms with E-state index >= 15 is 0 Å². The van der Waals surface area contributed by atoms with Gasteiger partial charge in [-0.2, -0.15) is 0 Å². The fraction of sp³-hybridized carbons (Fsp3) is 0.389. The second-order valence-electron chi connectivity index (χ2n) is 6.23. The second kappa shape index (κ2) is 7.33. The Bertz CT molecular complexity index is 793. The van der Waals surface area contributed by atoms with Gasteiger partial charge < -0.3 is 14.9 Å². The molecular weight excluding hydrogens is 336 g/mol. The molecule has 1 saturated heterocycles. The average molecular weight is 358 g/mol. The van der Waals surface area contributed by atoms with E-state index in [1.165, 1.54) is 11.3 Å². The van der Waals surface area contributed by atoms with Crippen LogP contribution in [0.25, 0.3) is 10.4 Å². The molecule has 2 aromatic rings. The van der Waals surface area contributed by atoms with E-state index < -0.39 is 5.97 Å². The fourth-order valence-electron chi connectivity index (χ4n) is 2.96. The third-order valence-electron chi connectivity index (χ3n) is 4.51. The normalized spacial score (nSPS) is 16.3. The third kappa shape index (κ3) is 3.72. The second-order valence-corrected chi connectivity index (χ2v) is 7.23. The molecule has 6 nitrogen and oxygen atoms in total. The Morgan fingerprint density at radius 1 is 1.24 bits per heavy atom. The van der Waals surface area contributed by atoms with Gasteiger partial charge in [-0.05, 0) is 44.2 Å². The molecule has 0 spiro atoms. The first-order valence-electron chi connectivity index (χ1n) is 8.23. The minimum Gasteiger partial charge on any atom is -0.478 e. The van der Waals surface area contributed by atoms with Crippen LogP contribution in [0.15, 0.2) is 29.5 Å². The summed E-state index contributed by atoms with van der Waals surface area (Å²) in [6, 6.07) is 3.79. The predicted molar refractivity (Wildman–Crippen MR) is 101 cm³/mol. The van der Waals surface area contributed by atoms with Gasteiger partial charge in [-0.15, -0.1) is 11.3 Å². The fourth-order valence-corrected chi connectivity index (χ4v) is 4.18. The first-order valence-corrected chi connectivity index (χ1v) is 9.05. The zero-order valence-corrected chi connectivity index (χ0v) is 15.5. The van der Waals surface area contributed by atoms with E-state index in [-0.39, 0.29) is 0 Å². The lowest BCUT2D eigenvalue weighted by molar-refractivity contribution is 0.0697. The highest BCUT2D eigenvalue weighted by atomic mass is 32.1. The first kappa shape index (κ1) is 17.6. The molecule has 1 aliphatic rings. The summed E-state index contributed by atoms with van der Waals surface area (Å²) in [5.41, 5.74) is 2.03. The number of rotatable bonds is 3. The molecule has 0 bridgehead atoms. The third-order valence-corrected chi connectivity index (χ3v) is 5.74. The van der Waals surface area contributed by atoms with Crippen molar-refractivity contribution < 1.29 is 9.90 Å².